The molecule has 4 nitrogen and oxygen atoms in total. The van der Waals surface area contributed by atoms with E-state index in [0.29, 0.717) is 19.5 Å². The molecule has 2 saturated heterocycles. The first-order chi connectivity index (χ1) is 9.80. The molecule has 2 atom stereocenters. The highest BCUT2D eigenvalue weighted by Gasteiger charge is 2.60. The molecule has 114 valence electrons. The van der Waals surface area contributed by atoms with Gasteiger partial charge in [-0.25, -0.2) is 9.18 Å². The maximum Gasteiger partial charge on any atom is 0.410 e. The Morgan fingerprint density at radius 3 is 2.86 bits per heavy atom. The molecule has 2 aliphatic rings. The molecule has 1 amide bonds. The van der Waals surface area contributed by atoms with Gasteiger partial charge in [0, 0.05) is 13.0 Å². The lowest BCUT2D eigenvalue weighted by Gasteiger charge is -2.31. The van der Waals surface area contributed by atoms with Crippen LogP contribution < -0.4 is 0 Å². The van der Waals surface area contributed by atoms with Gasteiger partial charge >= 0.3 is 6.09 Å². The molecular weight excluding hydrogens is 273 g/mol. The van der Waals surface area contributed by atoms with Crippen molar-refractivity contribution in [1.82, 2.24) is 4.90 Å². The van der Waals surface area contributed by atoms with Gasteiger partial charge in [-0.2, -0.15) is 0 Å². The number of carbonyl (C=O) groups is 1. The maximum atomic E-state index is 13.4. The third-order valence-electron chi connectivity index (χ3n) is 3.92. The van der Waals surface area contributed by atoms with Gasteiger partial charge in [-0.1, -0.05) is 12.1 Å². The highest BCUT2D eigenvalue weighted by molar-refractivity contribution is 5.68. The van der Waals surface area contributed by atoms with E-state index in [9.17, 15) is 9.18 Å². The number of ether oxygens (including phenoxy) is 2. The first-order valence-corrected chi connectivity index (χ1v) is 7.22. The molecule has 5 heteroatoms. The number of rotatable bonds is 1. The molecule has 2 fully saturated rings. The Labute approximate surface area is 123 Å². The number of likely N-dealkylation sites (tertiary alicyclic amines) is 1. The summed E-state index contributed by atoms with van der Waals surface area (Å²) in [5, 5.41) is 0. The zero-order valence-electron chi connectivity index (χ0n) is 12.6. The van der Waals surface area contributed by atoms with Crippen LogP contribution in [0.4, 0.5) is 9.18 Å². The number of piperidine rings is 1. The first kappa shape index (κ1) is 14.3. The third-order valence-corrected chi connectivity index (χ3v) is 3.92. The minimum atomic E-state index is -0.501. The zero-order valence-corrected chi connectivity index (χ0v) is 12.6. The number of carbonyl (C=O) groups excluding carboxylic acids is 1. The molecule has 0 bridgehead atoms. The van der Waals surface area contributed by atoms with Gasteiger partial charge in [-0.3, -0.25) is 0 Å². The highest BCUT2D eigenvalue weighted by Crippen LogP contribution is 2.52. The van der Waals surface area contributed by atoms with Crippen LogP contribution in [0.5, 0.6) is 0 Å². The van der Waals surface area contributed by atoms with Gasteiger partial charge in [0.15, 0.2) is 0 Å². The number of fused-ring (bicyclic) bond motifs is 1. The standard InChI is InChI=1S/C16H20FNO3/c1-15(2,3)21-14(19)18-8-7-16(13(10-18)20-16)11-5-4-6-12(17)9-11/h4-6,9,13H,7-8,10H2,1-3H3/t13-,16-/m1/s1. The summed E-state index contributed by atoms with van der Waals surface area (Å²) in [7, 11) is 0. The summed E-state index contributed by atoms with van der Waals surface area (Å²) < 4.78 is 24.5. The van der Waals surface area contributed by atoms with Crippen LogP contribution in [0.1, 0.15) is 32.8 Å². The summed E-state index contributed by atoms with van der Waals surface area (Å²) in [6.45, 7) is 6.59. The van der Waals surface area contributed by atoms with Crippen molar-refractivity contribution < 1.29 is 18.7 Å². The Morgan fingerprint density at radius 2 is 2.24 bits per heavy atom. The molecule has 1 aromatic carbocycles. The van der Waals surface area contributed by atoms with Crippen molar-refractivity contribution in [3.05, 3.63) is 35.6 Å². The van der Waals surface area contributed by atoms with Gasteiger partial charge in [0.2, 0.25) is 0 Å². The van der Waals surface area contributed by atoms with Crippen molar-refractivity contribution in [3.8, 4) is 0 Å². The quantitative estimate of drug-likeness (QED) is 0.747. The van der Waals surface area contributed by atoms with Gasteiger partial charge in [0.05, 0.1) is 6.54 Å². The molecule has 1 aromatic rings. The van der Waals surface area contributed by atoms with Gasteiger partial charge in [-0.15, -0.1) is 0 Å². The van der Waals surface area contributed by atoms with Gasteiger partial charge in [-0.05, 0) is 38.5 Å². The minimum Gasteiger partial charge on any atom is -0.444 e. The van der Waals surface area contributed by atoms with E-state index in [4.69, 9.17) is 9.47 Å². The Morgan fingerprint density at radius 1 is 1.48 bits per heavy atom. The molecular formula is C16H20FNO3. The summed E-state index contributed by atoms with van der Waals surface area (Å²) in [5.41, 5.74) is -0.0597. The summed E-state index contributed by atoms with van der Waals surface area (Å²) in [5.74, 6) is -0.259. The number of nitrogens with zero attached hydrogens (tertiary/aromatic N) is 1. The zero-order chi connectivity index (χ0) is 15.3. The SMILES string of the molecule is CC(C)(C)OC(=O)N1CC[C@]2(c3cccc(F)c3)O[C@@H]2C1. The van der Waals surface area contributed by atoms with Crippen LogP contribution in [-0.4, -0.2) is 35.8 Å². The molecule has 0 aromatic heterocycles. The van der Waals surface area contributed by atoms with Crippen molar-refractivity contribution in [2.45, 2.75) is 44.5 Å². The first-order valence-electron chi connectivity index (χ1n) is 7.22. The number of halogens is 1. The molecule has 21 heavy (non-hydrogen) atoms. The van der Waals surface area contributed by atoms with Crippen LogP contribution >= 0.6 is 0 Å². The van der Waals surface area contributed by atoms with Crippen LogP contribution in [0.2, 0.25) is 0 Å². The highest BCUT2D eigenvalue weighted by atomic mass is 19.1. The van der Waals surface area contributed by atoms with E-state index in [0.717, 1.165) is 5.56 Å². The monoisotopic (exact) mass is 293 g/mol. The second-order valence-electron chi connectivity index (χ2n) is 6.68. The van der Waals surface area contributed by atoms with E-state index in [1.165, 1.54) is 12.1 Å². The Kier molecular flexibility index (Phi) is 3.20. The molecule has 0 N–H and O–H groups in total. The molecule has 0 aliphatic carbocycles. The third kappa shape index (κ3) is 2.75. The Balaban J connectivity index is 1.67. The lowest BCUT2D eigenvalue weighted by atomic mass is 9.89. The van der Waals surface area contributed by atoms with Gasteiger partial charge in [0.25, 0.3) is 0 Å². The summed E-state index contributed by atoms with van der Waals surface area (Å²) >= 11 is 0. The summed E-state index contributed by atoms with van der Waals surface area (Å²) in [6.07, 6.45) is 0.284. The van der Waals surface area contributed by atoms with Crippen molar-refractivity contribution in [2.75, 3.05) is 13.1 Å². The molecule has 0 spiro atoms. The lowest BCUT2D eigenvalue weighted by molar-refractivity contribution is 0.0217. The van der Waals surface area contributed by atoms with Gasteiger partial charge < -0.3 is 14.4 Å². The summed E-state index contributed by atoms with van der Waals surface area (Å²) in [4.78, 5) is 13.7. The van der Waals surface area contributed by atoms with Crippen LogP contribution in [0.15, 0.2) is 24.3 Å². The van der Waals surface area contributed by atoms with Gasteiger partial charge in [0.1, 0.15) is 23.1 Å². The lowest BCUT2D eigenvalue weighted by Crippen LogP contribution is -2.44. The number of benzene rings is 1. The predicted molar refractivity (Wildman–Crippen MR) is 75.4 cm³/mol. The van der Waals surface area contributed by atoms with Crippen molar-refractivity contribution in [2.24, 2.45) is 0 Å². The van der Waals surface area contributed by atoms with E-state index in [1.54, 1.807) is 11.0 Å². The molecule has 2 aliphatic heterocycles. The number of hydrogen-bond acceptors (Lipinski definition) is 3. The van der Waals surface area contributed by atoms with E-state index in [-0.39, 0.29) is 18.0 Å². The number of amides is 1. The Bertz CT molecular complexity index is 569. The second-order valence-corrected chi connectivity index (χ2v) is 6.68. The summed E-state index contributed by atoms with van der Waals surface area (Å²) in [6, 6.07) is 6.51. The maximum absolute atomic E-state index is 13.4. The van der Waals surface area contributed by atoms with Crippen molar-refractivity contribution in [1.29, 1.82) is 0 Å². The van der Waals surface area contributed by atoms with Crippen LogP contribution in [0.3, 0.4) is 0 Å². The van der Waals surface area contributed by atoms with E-state index < -0.39 is 11.2 Å². The molecule has 0 radical (unpaired) electrons. The minimum absolute atomic E-state index is 0.0689. The fourth-order valence-corrected chi connectivity index (χ4v) is 2.86. The normalized spacial score (nSPS) is 28.0. The number of epoxide rings is 1. The largest absolute Gasteiger partial charge is 0.444 e. The fourth-order valence-electron chi connectivity index (χ4n) is 2.86. The molecule has 2 heterocycles. The molecule has 0 saturated carbocycles. The fraction of sp³-hybridized carbons (Fsp3) is 0.562. The Hall–Kier alpha value is -1.62. The topological polar surface area (TPSA) is 42.1 Å². The molecule has 3 rings (SSSR count). The molecule has 0 unspecified atom stereocenters. The predicted octanol–water partition coefficient (Wildman–Crippen LogP) is 3.06. The van der Waals surface area contributed by atoms with Crippen LogP contribution in [-0.2, 0) is 15.1 Å². The average Bonchev–Trinajstić information content (AvgIpc) is 3.11. The van der Waals surface area contributed by atoms with Crippen LogP contribution in [0.25, 0.3) is 0 Å². The van der Waals surface area contributed by atoms with Crippen molar-refractivity contribution >= 4 is 6.09 Å². The van der Waals surface area contributed by atoms with Crippen LogP contribution in [0, 0.1) is 5.82 Å². The van der Waals surface area contributed by atoms with E-state index >= 15 is 0 Å². The second kappa shape index (κ2) is 4.70. The van der Waals surface area contributed by atoms with E-state index in [1.807, 2.05) is 26.8 Å². The van der Waals surface area contributed by atoms with E-state index in [2.05, 4.69) is 0 Å². The number of hydrogen-bond donors (Lipinski definition) is 0. The van der Waals surface area contributed by atoms with Crippen molar-refractivity contribution in [3.63, 3.8) is 0 Å². The average molecular weight is 293 g/mol. The smallest absolute Gasteiger partial charge is 0.410 e.